The summed E-state index contributed by atoms with van der Waals surface area (Å²) in [5.74, 6) is 0.498. The Bertz CT molecular complexity index is 178. The fraction of sp³-hybridized carbons (Fsp3) is 1.00. The van der Waals surface area contributed by atoms with Gasteiger partial charge in [-0.2, -0.15) is 0 Å². The minimum absolute atomic E-state index is 0.0599. The van der Waals surface area contributed by atoms with Crippen LogP contribution in [0, 0.1) is 5.92 Å². The van der Waals surface area contributed by atoms with Crippen LogP contribution in [0.1, 0.15) is 32.1 Å². The number of ether oxygens (including phenoxy) is 1. The molecule has 3 heteroatoms. The van der Waals surface area contributed by atoms with Crippen molar-refractivity contribution in [1.29, 1.82) is 0 Å². The Kier molecular flexibility index (Phi) is 2.58. The van der Waals surface area contributed by atoms with E-state index in [9.17, 15) is 5.11 Å². The molecule has 0 bridgehead atoms. The molecule has 1 atom stereocenters. The van der Waals surface area contributed by atoms with Crippen molar-refractivity contribution >= 4 is 0 Å². The van der Waals surface area contributed by atoms with Gasteiger partial charge in [0.15, 0.2) is 0 Å². The van der Waals surface area contributed by atoms with Gasteiger partial charge in [0.1, 0.15) is 0 Å². The largest absolute Gasteiger partial charge is 0.394 e. The number of hydrogen-bond acceptors (Lipinski definition) is 3. The van der Waals surface area contributed by atoms with Gasteiger partial charge in [0.05, 0.1) is 24.9 Å². The first kappa shape index (κ1) is 9.44. The molecule has 2 aliphatic rings. The van der Waals surface area contributed by atoms with Crippen molar-refractivity contribution < 1.29 is 9.84 Å². The van der Waals surface area contributed by atoms with Gasteiger partial charge >= 0.3 is 0 Å². The molecule has 0 spiro atoms. The summed E-state index contributed by atoms with van der Waals surface area (Å²) in [7, 11) is 0. The van der Waals surface area contributed by atoms with E-state index < -0.39 is 5.54 Å². The Morgan fingerprint density at radius 3 is 2.38 bits per heavy atom. The third kappa shape index (κ3) is 2.03. The molecular formula is C10H19NO2. The number of nitrogens with two attached hydrogens (primary N) is 1. The van der Waals surface area contributed by atoms with Gasteiger partial charge in [0.25, 0.3) is 0 Å². The summed E-state index contributed by atoms with van der Waals surface area (Å²) >= 11 is 0. The van der Waals surface area contributed by atoms with Gasteiger partial charge in [-0.25, -0.2) is 0 Å². The molecule has 0 amide bonds. The summed E-state index contributed by atoms with van der Waals surface area (Å²) in [5.41, 5.74) is 5.61. The van der Waals surface area contributed by atoms with Gasteiger partial charge in [0, 0.05) is 0 Å². The van der Waals surface area contributed by atoms with Crippen LogP contribution >= 0.6 is 0 Å². The lowest BCUT2D eigenvalue weighted by Crippen LogP contribution is -2.51. The monoisotopic (exact) mass is 185 g/mol. The van der Waals surface area contributed by atoms with Crippen molar-refractivity contribution in [2.24, 2.45) is 11.7 Å². The average Bonchev–Trinajstić information content (AvgIpc) is 2.83. The molecule has 3 nitrogen and oxygen atoms in total. The summed E-state index contributed by atoms with van der Waals surface area (Å²) < 4.78 is 5.65. The molecule has 3 N–H and O–H groups in total. The number of aliphatic hydroxyl groups is 1. The first-order valence-electron chi connectivity index (χ1n) is 5.26. The Morgan fingerprint density at radius 2 is 2.00 bits per heavy atom. The highest BCUT2D eigenvalue weighted by Gasteiger charge is 2.42. The minimum Gasteiger partial charge on any atom is -0.394 e. The summed E-state index contributed by atoms with van der Waals surface area (Å²) in [4.78, 5) is 0. The summed E-state index contributed by atoms with van der Waals surface area (Å²) in [6.45, 7) is 0.600. The third-order valence-corrected chi connectivity index (χ3v) is 3.32. The molecule has 2 saturated carbocycles. The molecule has 0 aromatic rings. The van der Waals surface area contributed by atoms with Crippen LogP contribution in [0.4, 0.5) is 0 Å². The van der Waals surface area contributed by atoms with Crippen LogP contribution in [-0.4, -0.2) is 30.0 Å². The summed E-state index contributed by atoms with van der Waals surface area (Å²) in [6, 6.07) is 0. The van der Waals surface area contributed by atoms with Crippen LogP contribution in [0.2, 0.25) is 0 Å². The molecule has 0 aliphatic heterocycles. The lowest BCUT2D eigenvalue weighted by Gasteiger charge is -2.32. The fourth-order valence-corrected chi connectivity index (χ4v) is 1.76. The van der Waals surface area contributed by atoms with E-state index in [0.717, 1.165) is 12.8 Å². The SMILES string of the molecule is NC(CO)(COC1CCC1)C1CC1. The second kappa shape index (κ2) is 3.56. The van der Waals surface area contributed by atoms with Crippen LogP contribution in [0.15, 0.2) is 0 Å². The smallest absolute Gasteiger partial charge is 0.0675 e. The molecule has 0 radical (unpaired) electrons. The first-order valence-corrected chi connectivity index (χ1v) is 5.26. The standard InChI is InChI=1S/C10H19NO2/c11-10(6-12,8-4-5-8)7-13-9-2-1-3-9/h8-9,12H,1-7,11H2. The van der Waals surface area contributed by atoms with Crippen LogP contribution in [-0.2, 0) is 4.74 Å². The molecular weight excluding hydrogens is 166 g/mol. The van der Waals surface area contributed by atoms with E-state index in [4.69, 9.17) is 10.5 Å². The Balaban J connectivity index is 1.75. The Morgan fingerprint density at radius 1 is 1.31 bits per heavy atom. The van der Waals surface area contributed by atoms with Gasteiger partial charge < -0.3 is 15.6 Å². The molecule has 0 aromatic carbocycles. The van der Waals surface area contributed by atoms with Gasteiger partial charge in [-0.1, -0.05) is 0 Å². The molecule has 76 valence electrons. The van der Waals surface area contributed by atoms with E-state index >= 15 is 0 Å². The topological polar surface area (TPSA) is 55.5 Å². The van der Waals surface area contributed by atoms with Crippen LogP contribution in [0.5, 0.6) is 0 Å². The van der Waals surface area contributed by atoms with Crippen molar-refractivity contribution in [3.8, 4) is 0 Å². The van der Waals surface area contributed by atoms with E-state index in [-0.39, 0.29) is 6.61 Å². The lowest BCUT2D eigenvalue weighted by molar-refractivity contribution is -0.0380. The highest BCUT2D eigenvalue weighted by Crippen LogP contribution is 2.38. The molecule has 0 saturated heterocycles. The average molecular weight is 185 g/mol. The second-order valence-corrected chi connectivity index (χ2v) is 4.53. The highest BCUT2D eigenvalue weighted by molar-refractivity contribution is 4.98. The maximum atomic E-state index is 9.19. The summed E-state index contributed by atoms with van der Waals surface area (Å²) in [5, 5.41) is 9.19. The van der Waals surface area contributed by atoms with E-state index in [1.807, 2.05) is 0 Å². The molecule has 2 fully saturated rings. The molecule has 0 heterocycles. The van der Waals surface area contributed by atoms with Crippen molar-refractivity contribution in [3.05, 3.63) is 0 Å². The molecule has 13 heavy (non-hydrogen) atoms. The van der Waals surface area contributed by atoms with Gasteiger partial charge in [-0.05, 0) is 38.0 Å². The Hall–Kier alpha value is -0.120. The molecule has 1 unspecified atom stereocenters. The highest BCUT2D eigenvalue weighted by atomic mass is 16.5. The Labute approximate surface area is 79.3 Å². The zero-order valence-corrected chi connectivity index (χ0v) is 8.04. The lowest BCUT2D eigenvalue weighted by atomic mass is 9.94. The number of aliphatic hydroxyl groups excluding tert-OH is 1. The van der Waals surface area contributed by atoms with E-state index in [1.165, 1.54) is 19.3 Å². The zero-order valence-electron chi connectivity index (χ0n) is 8.04. The molecule has 2 aliphatic carbocycles. The fourth-order valence-electron chi connectivity index (χ4n) is 1.76. The van der Waals surface area contributed by atoms with Crippen molar-refractivity contribution in [2.75, 3.05) is 13.2 Å². The van der Waals surface area contributed by atoms with E-state index in [0.29, 0.717) is 18.6 Å². The summed E-state index contributed by atoms with van der Waals surface area (Å²) in [6.07, 6.45) is 6.37. The first-order chi connectivity index (χ1) is 6.24. The van der Waals surface area contributed by atoms with E-state index in [2.05, 4.69) is 0 Å². The second-order valence-electron chi connectivity index (χ2n) is 4.53. The normalized spacial score (nSPS) is 28.2. The quantitative estimate of drug-likeness (QED) is 0.661. The van der Waals surface area contributed by atoms with Gasteiger partial charge in [0.2, 0.25) is 0 Å². The predicted molar refractivity (Wildman–Crippen MR) is 50.3 cm³/mol. The van der Waals surface area contributed by atoms with E-state index in [1.54, 1.807) is 0 Å². The van der Waals surface area contributed by atoms with Crippen molar-refractivity contribution in [1.82, 2.24) is 0 Å². The molecule has 2 rings (SSSR count). The van der Waals surface area contributed by atoms with Crippen LogP contribution in [0.25, 0.3) is 0 Å². The van der Waals surface area contributed by atoms with Gasteiger partial charge in [-0.15, -0.1) is 0 Å². The number of rotatable bonds is 5. The maximum absolute atomic E-state index is 9.19. The van der Waals surface area contributed by atoms with Crippen LogP contribution in [0.3, 0.4) is 0 Å². The van der Waals surface area contributed by atoms with Crippen LogP contribution < -0.4 is 5.73 Å². The minimum atomic E-state index is -0.449. The molecule has 0 aromatic heterocycles. The number of hydrogen-bond donors (Lipinski definition) is 2. The van der Waals surface area contributed by atoms with Gasteiger partial charge in [-0.3, -0.25) is 0 Å². The third-order valence-electron chi connectivity index (χ3n) is 3.32. The van der Waals surface area contributed by atoms with Crippen molar-refractivity contribution in [2.45, 2.75) is 43.7 Å². The maximum Gasteiger partial charge on any atom is 0.0675 e. The van der Waals surface area contributed by atoms with Crippen molar-refractivity contribution in [3.63, 3.8) is 0 Å². The zero-order chi connectivity index (χ0) is 9.31. The predicted octanol–water partition coefficient (Wildman–Crippen LogP) is 0.655.